The van der Waals surface area contributed by atoms with Gasteiger partial charge in [-0.25, -0.2) is 4.79 Å². The maximum Gasteiger partial charge on any atom is 0.338 e. The molecular formula is C30H29N3O6. The number of hydrogen-bond acceptors (Lipinski definition) is 7. The number of amides is 1. The van der Waals surface area contributed by atoms with Crippen LogP contribution in [0.5, 0.6) is 17.2 Å². The van der Waals surface area contributed by atoms with E-state index in [4.69, 9.17) is 18.9 Å². The zero-order valence-electron chi connectivity index (χ0n) is 22.2. The largest absolute Gasteiger partial charge is 0.497 e. The summed E-state index contributed by atoms with van der Waals surface area (Å²) in [7, 11) is 3.18. The molecule has 0 spiro atoms. The van der Waals surface area contributed by atoms with E-state index in [0.717, 1.165) is 16.9 Å². The normalized spacial score (nSPS) is 14.2. The Balaban J connectivity index is 1.66. The van der Waals surface area contributed by atoms with E-state index in [1.165, 1.54) is 0 Å². The molecule has 9 nitrogen and oxygen atoms in total. The Morgan fingerprint density at radius 1 is 0.923 bits per heavy atom. The van der Waals surface area contributed by atoms with Gasteiger partial charge in [0.1, 0.15) is 22.9 Å². The van der Waals surface area contributed by atoms with Crippen LogP contribution in [0.1, 0.15) is 51.9 Å². The van der Waals surface area contributed by atoms with Crippen LogP contribution in [0.2, 0.25) is 0 Å². The SMILES string of the molecule is CCOC(=O)c1ccc(N2C(=O)c3[nH]nc(-c4ccc(OCC)cc4)c3[C@@H]2c2cc(OC)ccc2OC)cc1. The van der Waals surface area contributed by atoms with Crippen LogP contribution in [-0.2, 0) is 4.74 Å². The molecular weight excluding hydrogens is 498 g/mol. The predicted octanol–water partition coefficient (Wildman–Crippen LogP) is 5.42. The van der Waals surface area contributed by atoms with Crippen molar-refractivity contribution in [1.82, 2.24) is 10.2 Å². The predicted molar refractivity (Wildman–Crippen MR) is 146 cm³/mol. The van der Waals surface area contributed by atoms with Crippen LogP contribution < -0.4 is 19.1 Å². The fraction of sp³-hybridized carbons (Fsp3) is 0.233. The van der Waals surface area contributed by atoms with Crippen molar-refractivity contribution in [3.63, 3.8) is 0 Å². The zero-order chi connectivity index (χ0) is 27.5. The highest BCUT2D eigenvalue weighted by molar-refractivity contribution is 6.12. The smallest absolute Gasteiger partial charge is 0.338 e. The van der Waals surface area contributed by atoms with Crippen molar-refractivity contribution < 1.29 is 28.5 Å². The van der Waals surface area contributed by atoms with Crippen LogP contribution in [-0.4, -0.2) is 49.5 Å². The standard InChI is InChI=1S/C30H29N3O6/c1-5-38-21-13-9-18(10-14-21)26-25-27(32-31-26)29(34)33(20-11-7-19(8-12-20)30(35)39-6-2)28(25)23-17-22(36-3)15-16-24(23)37-4/h7-17,28H,5-6H2,1-4H3,(H,31,32)/t28-/m0/s1. The topological polar surface area (TPSA) is 103 Å². The molecule has 1 amide bonds. The Morgan fingerprint density at radius 2 is 1.64 bits per heavy atom. The van der Waals surface area contributed by atoms with Gasteiger partial charge in [-0.05, 0) is 80.6 Å². The van der Waals surface area contributed by atoms with Crippen LogP contribution in [0.4, 0.5) is 5.69 Å². The van der Waals surface area contributed by atoms with E-state index in [9.17, 15) is 9.59 Å². The highest BCUT2D eigenvalue weighted by Gasteiger charge is 2.44. The number of nitrogens with zero attached hydrogens (tertiary/aromatic N) is 2. The van der Waals surface area contributed by atoms with Crippen molar-refractivity contribution in [2.75, 3.05) is 32.3 Å². The maximum atomic E-state index is 13.9. The van der Waals surface area contributed by atoms with Crippen LogP contribution in [0, 0.1) is 0 Å². The summed E-state index contributed by atoms with van der Waals surface area (Å²) in [5.41, 5.74) is 4.29. The van der Waals surface area contributed by atoms with Gasteiger partial charge in [0.15, 0.2) is 0 Å². The molecule has 0 fully saturated rings. The number of ether oxygens (including phenoxy) is 4. The average Bonchev–Trinajstić information content (AvgIpc) is 3.52. The summed E-state index contributed by atoms with van der Waals surface area (Å²) in [5.74, 6) is 1.28. The summed E-state index contributed by atoms with van der Waals surface area (Å²) in [6, 6.07) is 19.3. The molecule has 9 heteroatoms. The van der Waals surface area contributed by atoms with Gasteiger partial charge in [-0.1, -0.05) is 0 Å². The minimum atomic E-state index is -0.591. The molecule has 0 saturated heterocycles. The van der Waals surface area contributed by atoms with E-state index in [1.54, 1.807) is 56.4 Å². The van der Waals surface area contributed by atoms with Crippen molar-refractivity contribution >= 4 is 17.6 Å². The number of aromatic nitrogens is 2. The molecule has 0 unspecified atom stereocenters. The van der Waals surface area contributed by atoms with E-state index in [-0.39, 0.29) is 12.5 Å². The summed E-state index contributed by atoms with van der Waals surface area (Å²) in [6.07, 6.45) is 0. The number of methoxy groups -OCH3 is 2. The fourth-order valence-electron chi connectivity index (χ4n) is 4.83. The lowest BCUT2D eigenvalue weighted by atomic mass is 9.94. The van der Waals surface area contributed by atoms with Crippen molar-refractivity contribution in [3.05, 3.63) is 89.1 Å². The third-order valence-corrected chi connectivity index (χ3v) is 6.60. The molecule has 1 aromatic heterocycles. The average molecular weight is 528 g/mol. The second-order valence-electron chi connectivity index (χ2n) is 8.77. The van der Waals surface area contributed by atoms with Crippen molar-refractivity contribution in [3.8, 4) is 28.5 Å². The van der Waals surface area contributed by atoms with Crippen LogP contribution in [0.3, 0.4) is 0 Å². The first-order chi connectivity index (χ1) is 19.0. The minimum Gasteiger partial charge on any atom is -0.497 e. The number of aromatic amines is 1. The number of hydrogen-bond donors (Lipinski definition) is 1. The van der Waals surface area contributed by atoms with E-state index >= 15 is 0 Å². The second-order valence-corrected chi connectivity index (χ2v) is 8.77. The number of esters is 1. The minimum absolute atomic E-state index is 0.256. The molecule has 0 radical (unpaired) electrons. The highest BCUT2D eigenvalue weighted by Crippen LogP contribution is 2.48. The third kappa shape index (κ3) is 4.67. The summed E-state index contributed by atoms with van der Waals surface area (Å²) in [5, 5.41) is 7.51. The van der Waals surface area contributed by atoms with Crippen molar-refractivity contribution in [1.29, 1.82) is 0 Å². The molecule has 2 heterocycles. The summed E-state index contributed by atoms with van der Waals surface area (Å²) >= 11 is 0. The van der Waals surface area contributed by atoms with Crippen LogP contribution in [0.25, 0.3) is 11.3 Å². The van der Waals surface area contributed by atoms with E-state index in [1.807, 2.05) is 43.3 Å². The number of carbonyl (C=O) groups excluding carboxylic acids is 2. The highest BCUT2D eigenvalue weighted by atomic mass is 16.5. The zero-order valence-corrected chi connectivity index (χ0v) is 22.2. The lowest BCUT2D eigenvalue weighted by Crippen LogP contribution is -2.29. The Labute approximate surface area is 226 Å². The third-order valence-electron chi connectivity index (χ3n) is 6.60. The quantitative estimate of drug-likeness (QED) is 0.290. The summed E-state index contributed by atoms with van der Waals surface area (Å²) in [6.45, 7) is 4.53. The van der Waals surface area contributed by atoms with E-state index in [2.05, 4.69) is 10.2 Å². The van der Waals surface area contributed by atoms with Gasteiger partial charge in [0.05, 0.1) is 44.7 Å². The molecule has 0 saturated carbocycles. The number of H-pyrrole nitrogens is 1. The van der Waals surface area contributed by atoms with Crippen LogP contribution >= 0.6 is 0 Å². The summed E-state index contributed by atoms with van der Waals surface area (Å²) in [4.78, 5) is 27.8. The monoisotopic (exact) mass is 527 g/mol. The molecule has 1 N–H and O–H groups in total. The van der Waals surface area contributed by atoms with Gasteiger partial charge < -0.3 is 18.9 Å². The molecule has 0 aliphatic carbocycles. The second kappa shape index (κ2) is 10.9. The van der Waals surface area contributed by atoms with Crippen molar-refractivity contribution in [2.45, 2.75) is 19.9 Å². The first kappa shape index (κ1) is 25.8. The first-order valence-corrected chi connectivity index (χ1v) is 12.6. The van der Waals surface area contributed by atoms with Gasteiger partial charge in [0.25, 0.3) is 5.91 Å². The fourth-order valence-corrected chi connectivity index (χ4v) is 4.83. The molecule has 3 aromatic carbocycles. The lowest BCUT2D eigenvalue weighted by molar-refractivity contribution is 0.0526. The van der Waals surface area contributed by atoms with Gasteiger partial charge in [0, 0.05) is 22.4 Å². The Kier molecular flexibility index (Phi) is 7.23. The molecule has 4 aromatic rings. The number of anilines is 1. The molecule has 5 rings (SSSR count). The molecule has 39 heavy (non-hydrogen) atoms. The Hall–Kier alpha value is -4.79. The maximum absolute atomic E-state index is 13.9. The molecule has 200 valence electrons. The molecule has 0 bridgehead atoms. The lowest BCUT2D eigenvalue weighted by Gasteiger charge is -2.28. The van der Waals surface area contributed by atoms with E-state index in [0.29, 0.717) is 46.3 Å². The number of nitrogens with one attached hydrogen (secondary N) is 1. The van der Waals surface area contributed by atoms with Crippen molar-refractivity contribution in [2.24, 2.45) is 0 Å². The van der Waals surface area contributed by atoms with Gasteiger partial charge in [0.2, 0.25) is 0 Å². The number of benzene rings is 3. The van der Waals surface area contributed by atoms with Gasteiger partial charge in [-0.2, -0.15) is 5.10 Å². The van der Waals surface area contributed by atoms with Gasteiger partial charge in [-0.3, -0.25) is 14.8 Å². The molecule has 1 aliphatic rings. The Morgan fingerprint density at radius 3 is 2.28 bits per heavy atom. The van der Waals surface area contributed by atoms with Gasteiger partial charge in [-0.15, -0.1) is 0 Å². The first-order valence-electron chi connectivity index (χ1n) is 12.6. The molecule has 1 atom stereocenters. The summed E-state index contributed by atoms with van der Waals surface area (Å²) < 4.78 is 22.0. The van der Waals surface area contributed by atoms with E-state index < -0.39 is 12.0 Å². The molecule has 1 aliphatic heterocycles. The number of fused-ring (bicyclic) bond motifs is 1. The Bertz CT molecular complexity index is 1490. The van der Waals surface area contributed by atoms with Crippen LogP contribution in [0.15, 0.2) is 66.7 Å². The number of rotatable bonds is 9. The van der Waals surface area contributed by atoms with Gasteiger partial charge >= 0.3 is 5.97 Å². The number of carbonyl (C=O) groups is 2.